The van der Waals surface area contributed by atoms with Gasteiger partial charge in [-0.15, -0.1) is 10.2 Å². The van der Waals surface area contributed by atoms with Gasteiger partial charge in [0.05, 0.1) is 0 Å². The number of esters is 1. The van der Waals surface area contributed by atoms with Crippen LogP contribution in [0.4, 0.5) is 0 Å². The first-order chi connectivity index (χ1) is 11.1. The standard InChI is InChI=1S/C16H19N5O2/c1-4-6-21-12(3)18-19-15(21)10-23-16(22)13-9-20-7-5-11(2)8-14(20)17-13/h5,7-9H,4,6,10H2,1-3H3. The molecule has 3 aromatic rings. The summed E-state index contributed by atoms with van der Waals surface area (Å²) in [5.41, 5.74) is 2.10. The molecule has 0 aliphatic carbocycles. The van der Waals surface area contributed by atoms with E-state index in [9.17, 15) is 4.79 Å². The van der Waals surface area contributed by atoms with Crippen molar-refractivity contribution in [2.24, 2.45) is 0 Å². The smallest absolute Gasteiger partial charge is 0.359 e. The highest BCUT2D eigenvalue weighted by Crippen LogP contribution is 2.10. The van der Waals surface area contributed by atoms with Crippen LogP contribution < -0.4 is 0 Å². The SMILES string of the molecule is CCCn1c(C)nnc1COC(=O)c1cn2ccc(C)cc2n1. The molecule has 0 saturated carbocycles. The molecule has 0 spiro atoms. The second-order valence-electron chi connectivity index (χ2n) is 5.49. The third-order valence-electron chi connectivity index (χ3n) is 3.62. The van der Waals surface area contributed by atoms with Gasteiger partial charge in [-0.1, -0.05) is 6.92 Å². The Morgan fingerprint density at radius 3 is 2.91 bits per heavy atom. The molecular formula is C16H19N5O2. The van der Waals surface area contributed by atoms with Crippen LogP contribution >= 0.6 is 0 Å². The number of pyridine rings is 1. The fraction of sp³-hybridized carbons (Fsp3) is 0.375. The molecule has 0 fully saturated rings. The molecule has 0 atom stereocenters. The van der Waals surface area contributed by atoms with E-state index >= 15 is 0 Å². The Hall–Kier alpha value is -2.70. The van der Waals surface area contributed by atoms with Gasteiger partial charge in [-0.2, -0.15) is 0 Å². The molecule has 0 saturated heterocycles. The number of fused-ring (bicyclic) bond motifs is 1. The molecular weight excluding hydrogens is 294 g/mol. The van der Waals surface area contributed by atoms with Crippen LogP contribution in [0.15, 0.2) is 24.5 Å². The summed E-state index contributed by atoms with van der Waals surface area (Å²) in [7, 11) is 0. The summed E-state index contributed by atoms with van der Waals surface area (Å²) in [5, 5.41) is 8.10. The Kier molecular flexibility index (Phi) is 4.10. The molecule has 0 unspecified atom stereocenters. The fourth-order valence-corrected chi connectivity index (χ4v) is 2.43. The molecule has 3 rings (SSSR count). The number of hydrogen-bond donors (Lipinski definition) is 0. The molecule has 0 aliphatic heterocycles. The molecule has 23 heavy (non-hydrogen) atoms. The minimum Gasteiger partial charge on any atom is -0.453 e. The first-order valence-corrected chi connectivity index (χ1v) is 7.59. The average molecular weight is 313 g/mol. The van der Waals surface area contributed by atoms with Gasteiger partial charge < -0.3 is 13.7 Å². The summed E-state index contributed by atoms with van der Waals surface area (Å²) in [5.74, 6) is 1.01. The Morgan fingerprint density at radius 1 is 1.30 bits per heavy atom. The lowest BCUT2D eigenvalue weighted by Crippen LogP contribution is -2.11. The zero-order valence-electron chi connectivity index (χ0n) is 13.5. The molecule has 120 valence electrons. The summed E-state index contributed by atoms with van der Waals surface area (Å²) >= 11 is 0. The molecule has 0 N–H and O–H groups in total. The van der Waals surface area contributed by atoms with Crippen LogP contribution in [0.2, 0.25) is 0 Å². The van der Waals surface area contributed by atoms with E-state index in [1.54, 1.807) is 10.6 Å². The molecule has 0 bridgehead atoms. The summed E-state index contributed by atoms with van der Waals surface area (Å²) in [6.07, 6.45) is 4.50. The van der Waals surface area contributed by atoms with Crippen LogP contribution in [0.3, 0.4) is 0 Å². The van der Waals surface area contributed by atoms with Crippen molar-refractivity contribution in [2.45, 2.75) is 40.3 Å². The third kappa shape index (κ3) is 3.08. The van der Waals surface area contributed by atoms with E-state index < -0.39 is 5.97 Å². The number of rotatable bonds is 5. The van der Waals surface area contributed by atoms with Crippen molar-refractivity contribution < 1.29 is 9.53 Å². The topological polar surface area (TPSA) is 74.3 Å². The number of carbonyl (C=O) groups is 1. The zero-order valence-corrected chi connectivity index (χ0v) is 13.5. The average Bonchev–Trinajstić information content (AvgIpc) is 3.10. The molecule has 7 heteroatoms. The van der Waals surface area contributed by atoms with E-state index in [4.69, 9.17) is 4.74 Å². The maximum absolute atomic E-state index is 12.2. The number of carbonyl (C=O) groups excluding carboxylic acids is 1. The highest BCUT2D eigenvalue weighted by atomic mass is 16.5. The summed E-state index contributed by atoms with van der Waals surface area (Å²) in [4.78, 5) is 16.5. The second-order valence-corrected chi connectivity index (χ2v) is 5.49. The van der Waals surface area contributed by atoms with Crippen molar-refractivity contribution in [3.05, 3.63) is 47.4 Å². The van der Waals surface area contributed by atoms with Gasteiger partial charge in [0.15, 0.2) is 18.1 Å². The van der Waals surface area contributed by atoms with Gasteiger partial charge in [-0.25, -0.2) is 9.78 Å². The lowest BCUT2D eigenvalue weighted by atomic mass is 10.3. The van der Waals surface area contributed by atoms with Crippen molar-refractivity contribution in [1.29, 1.82) is 0 Å². The number of imidazole rings is 1. The van der Waals surface area contributed by atoms with E-state index in [1.807, 2.05) is 36.7 Å². The Bertz CT molecular complexity index is 849. The van der Waals surface area contributed by atoms with Crippen molar-refractivity contribution in [3.63, 3.8) is 0 Å². The highest BCUT2D eigenvalue weighted by Gasteiger charge is 2.15. The van der Waals surface area contributed by atoms with Crippen LogP contribution in [0.5, 0.6) is 0 Å². The first-order valence-electron chi connectivity index (χ1n) is 7.59. The predicted molar refractivity (Wildman–Crippen MR) is 84.1 cm³/mol. The van der Waals surface area contributed by atoms with Gasteiger partial charge in [-0.3, -0.25) is 0 Å². The largest absolute Gasteiger partial charge is 0.453 e. The maximum Gasteiger partial charge on any atom is 0.359 e. The minimum atomic E-state index is -0.463. The van der Waals surface area contributed by atoms with Crippen LogP contribution in [0.1, 0.15) is 41.0 Å². The van der Waals surface area contributed by atoms with Gasteiger partial charge in [0.2, 0.25) is 0 Å². The molecule has 0 amide bonds. The van der Waals surface area contributed by atoms with Gasteiger partial charge in [0.1, 0.15) is 11.5 Å². The van der Waals surface area contributed by atoms with Crippen molar-refractivity contribution in [3.8, 4) is 0 Å². The summed E-state index contributed by atoms with van der Waals surface area (Å²) in [6.45, 7) is 6.84. The quantitative estimate of drug-likeness (QED) is 0.676. The molecule has 3 aromatic heterocycles. The van der Waals surface area contributed by atoms with Gasteiger partial charge in [0, 0.05) is 18.9 Å². The highest BCUT2D eigenvalue weighted by molar-refractivity contribution is 5.87. The zero-order chi connectivity index (χ0) is 16.4. The van der Waals surface area contributed by atoms with Gasteiger partial charge in [-0.05, 0) is 38.0 Å². The second kappa shape index (κ2) is 6.20. The predicted octanol–water partition coefficient (Wildman–Crippen LogP) is 2.31. The molecule has 0 aromatic carbocycles. The Morgan fingerprint density at radius 2 is 2.13 bits per heavy atom. The van der Waals surface area contributed by atoms with E-state index in [-0.39, 0.29) is 12.3 Å². The number of nitrogens with zero attached hydrogens (tertiary/aromatic N) is 5. The van der Waals surface area contributed by atoms with E-state index in [2.05, 4.69) is 22.1 Å². The van der Waals surface area contributed by atoms with E-state index in [1.165, 1.54) is 0 Å². The molecule has 0 aliphatic rings. The number of aryl methyl sites for hydroxylation is 2. The fourth-order valence-electron chi connectivity index (χ4n) is 2.43. The normalized spacial score (nSPS) is 11.1. The summed E-state index contributed by atoms with van der Waals surface area (Å²) < 4.78 is 9.09. The van der Waals surface area contributed by atoms with E-state index in [0.29, 0.717) is 5.82 Å². The Labute approximate surface area is 133 Å². The van der Waals surface area contributed by atoms with Crippen LogP contribution in [-0.4, -0.2) is 30.1 Å². The van der Waals surface area contributed by atoms with E-state index in [0.717, 1.165) is 30.0 Å². The van der Waals surface area contributed by atoms with Crippen LogP contribution in [-0.2, 0) is 17.9 Å². The molecule has 7 nitrogen and oxygen atoms in total. The monoisotopic (exact) mass is 313 g/mol. The number of hydrogen-bond acceptors (Lipinski definition) is 5. The Balaban J connectivity index is 1.73. The first kappa shape index (κ1) is 15.2. The third-order valence-corrected chi connectivity index (χ3v) is 3.62. The number of aromatic nitrogens is 5. The lowest BCUT2D eigenvalue weighted by molar-refractivity contribution is 0.0451. The maximum atomic E-state index is 12.2. The van der Waals surface area contributed by atoms with Gasteiger partial charge >= 0.3 is 5.97 Å². The lowest BCUT2D eigenvalue weighted by Gasteiger charge is -2.07. The summed E-state index contributed by atoms with van der Waals surface area (Å²) in [6, 6.07) is 3.87. The number of ether oxygens (including phenoxy) is 1. The van der Waals surface area contributed by atoms with Crippen molar-refractivity contribution in [1.82, 2.24) is 24.1 Å². The van der Waals surface area contributed by atoms with Crippen LogP contribution in [0, 0.1) is 13.8 Å². The molecule has 3 heterocycles. The molecule has 0 radical (unpaired) electrons. The van der Waals surface area contributed by atoms with Crippen molar-refractivity contribution in [2.75, 3.05) is 0 Å². The minimum absolute atomic E-state index is 0.0899. The van der Waals surface area contributed by atoms with Crippen LogP contribution in [0.25, 0.3) is 5.65 Å². The van der Waals surface area contributed by atoms with Crippen molar-refractivity contribution >= 4 is 11.6 Å². The van der Waals surface area contributed by atoms with Gasteiger partial charge in [0.25, 0.3) is 0 Å².